The fourth-order valence-corrected chi connectivity index (χ4v) is 3.10. The summed E-state index contributed by atoms with van der Waals surface area (Å²) in [5.41, 5.74) is 9.13. The third-order valence-corrected chi connectivity index (χ3v) is 4.31. The van der Waals surface area contributed by atoms with Crippen LogP contribution in [-0.2, 0) is 4.79 Å². The van der Waals surface area contributed by atoms with Gasteiger partial charge in [0.1, 0.15) is 5.75 Å². The summed E-state index contributed by atoms with van der Waals surface area (Å²) in [7, 11) is 0. The lowest BCUT2D eigenvalue weighted by molar-refractivity contribution is -0.117. The van der Waals surface area contributed by atoms with Gasteiger partial charge in [0.05, 0.1) is 13.2 Å². The monoisotopic (exact) mass is 344 g/mol. The Balaban J connectivity index is 2.18. The Hall–Kier alpha value is -1.98. The van der Waals surface area contributed by atoms with Crippen LogP contribution < -0.4 is 10.5 Å². The van der Waals surface area contributed by atoms with E-state index in [4.69, 9.17) is 10.5 Å². The van der Waals surface area contributed by atoms with Crippen molar-refractivity contribution in [1.29, 1.82) is 0 Å². The lowest BCUT2D eigenvalue weighted by Gasteiger charge is -2.26. The number of hydrogen-bond donors (Lipinski definition) is 2. The molecule has 2 N–H and O–H groups in total. The van der Waals surface area contributed by atoms with Gasteiger partial charge >= 0.3 is 0 Å². The van der Waals surface area contributed by atoms with Gasteiger partial charge in [0.15, 0.2) is 0 Å². The zero-order valence-corrected chi connectivity index (χ0v) is 14.8. The molecule has 1 aromatic carbocycles. The number of nitrogens with two attached hydrogens (primary N) is 1. The van der Waals surface area contributed by atoms with Gasteiger partial charge < -0.3 is 15.4 Å². The van der Waals surface area contributed by atoms with E-state index in [0.717, 1.165) is 40.2 Å². The zero-order valence-electron chi connectivity index (χ0n) is 13.9. The lowest BCUT2D eigenvalue weighted by atomic mass is 9.98. The third kappa shape index (κ3) is 4.76. The van der Waals surface area contributed by atoms with Crippen molar-refractivity contribution in [2.45, 2.75) is 13.3 Å². The molecule has 4 nitrogen and oxygen atoms in total. The van der Waals surface area contributed by atoms with Crippen LogP contribution >= 0.6 is 12.6 Å². The molecule has 128 valence electrons. The second kappa shape index (κ2) is 9.35. The van der Waals surface area contributed by atoms with Gasteiger partial charge in [0, 0.05) is 23.6 Å². The molecular formula is C19H24N2O2S. The SMILES string of the molecule is CCOc1ccccc1/C=C/C=C(\CN)C1=C(S)CN(C=O)CC1. The lowest BCUT2D eigenvalue weighted by Crippen LogP contribution is -2.30. The number of hydrogen-bond acceptors (Lipinski definition) is 4. The number of amides is 1. The average molecular weight is 344 g/mol. The molecule has 0 spiro atoms. The Morgan fingerprint density at radius 1 is 1.42 bits per heavy atom. The maximum absolute atomic E-state index is 10.9. The van der Waals surface area contributed by atoms with Crippen molar-refractivity contribution < 1.29 is 9.53 Å². The van der Waals surface area contributed by atoms with Gasteiger partial charge in [-0.1, -0.05) is 36.4 Å². The Bertz CT molecular complexity index is 665. The summed E-state index contributed by atoms with van der Waals surface area (Å²) >= 11 is 4.54. The zero-order chi connectivity index (χ0) is 17.4. The van der Waals surface area contributed by atoms with Crippen molar-refractivity contribution in [2.75, 3.05) is 26.2 Å². The molecule has 0 unspecified atom stereocenters. The number of para-hydroxylation sites is 1. The Labute approximate surface area is 149 Å². The van der Waals surface area contributed by atoms with Crippen molar-refractivity contribution in [3.63, 3.8) is 0 Å². The molecule has 1 heterocycles. The van der Waals surface area contributed by atoms with Gasteiger partial charge in [-0.15, -0.1) is 12.6 Å². The maximum atomic E-state index is 10.9. The van der Waals surface area contributed by atoms with Crippen molar-refractivity contribution in [3.8, 4) is 5.75 Å². The molecule has 0 radical (unpaired) electrons. The minimum absolute atomic E-state index is 0.442. The fraction of sp³-hybridized carbons (Fsp3) is 0.316. The number of carbonyl (C=O) groups is 1. The average Bonchev–Trinajstić information content (AvgIpc) is 2.61. The van der Waals surface area contributed by atoms with E-state index < -0.39 is 0 Å². The van der Waals surface area contributed by atoms with E-state index in [2.05, 4.69) is 12.6 Å². The highest BCUT2D eigenvalue weighted by Gasteiger charge is 2.17. The van der Waals surface area contributed by atoms with Crippen LogP contribution in [0.2, 0.25) is 0 Å². The van der Waals surface area contributed by atoms with Crippen LogP contribution in [0.1, 0.15) is 18.9 Å². The molecule has 1 amide bonds. The number of benzene rings is 1. The number of allylic oxidation sites excluding steroid dienone is 2. The highest BCUT2D eigenvalue weighted by atomic mass is 32.1. The van der Waals surface area contributed by atoms with E-state index >= 15 is 0 Å². The first-order valence-corrected chi connectivity index (χ1v) is 8.54. The largest absolute Gasteiger partial charge is 0.493 e. The van der Waals surface area contributed by atoms with E-state index in [1.807, 2.05) is 49.4 Å². The molecule has 0 aliphatic carbocycles. The van der Waals surface area contributed by atoms with Crippen LogP contribution in [-0.4, -0.2) is 37.6 Å². The van der Waals surface area contributed by atoms with Crippen LogP contribution in [0.3, 0.4) is 0 Å². The normalized spacial score (nSPS) is 16.0. The van der Waals surface area contributed by atoms with Gasteiger partial charge in [-0.25, -0.2) is 0 Å². The molecule has 1 aliphatic heterocycles. The van der Waals surface area contributed by atoms with E-state index in [1.165, 1.54) is 0 Å². The smallest absolute Gasteiger partial charge is 0.210 e. The van der Waals surface area contributed by atoms with Crippen LogP contribution in [0.5, 0.6) is 5.75 Å². The number of ether oxygens (including phenoxy) is 1. The highest BCUT2D eigenvalue weighted by Crippen LogP contribution is 2.26. The van der Waals surface area contributed by atoms with Gasteiger partial charge in [0.2, 0.25) is 6.41 Å². The van der Waals surface area contributed by atoms with Crippen molar-refractivity contribution in [1.82, 2.24) is 4.90 Å². The summed E-state index contributed by atoms with van der Waals surface area (Å²) in [4.78, 5) is 13.5. The number of rotatable bonds is 7. The molecule has 0 saturated heterocycles. The highest BCUT2D eigenvalue weighted by molar-refractivity contribution is 7.84. The first-order valence-electron chi connectivity index (χ1n) is 8.09. The van der Waals surface area contributed by atoms with Gasteiger partial charge in [-0.3, -0.25) is 4.79 Å². The Morgan fingerprint density at radius 3 is 2.88 bits per heavy atom. The molecule has 0 bridgehead atoms. The van der Waals surface area contributed by atoms with E-state index in [0.29, 0.717) is 26.2 Å². The number of nitrogens with zero attached hydrogens (tertiary/aromatic N) is 1. The van der Waals surface area contributed by atoms with Gasteiger partial charge in [-0.05, 0) is 30.6 Å². The maximum Gasteiger partial charge on any atom is 0.210 e. The second-order valence-electron chi connectivity index (χ2n) is 5.48. The van der Waals surface area contributed by atoms with Crippen LogP contribution in [0.4, 0.5) is 0 Å². The molecule has 0 aromatic heterocycles. The first kappa shape index (κ1) is 18.4. The quantitative estimate of drug-likeness (QED) is 0.454. The summed E-state index contributed by atoms with van der Waals surface area (Å²) in [5.74, 6) is 0.868. The summed E-state index contributed by atoms with van der Waals surface area (Å²) < 4.78 is 5.62. The van der Waals surface area contributed by atoms with E-state index in [9.17, 15) is 4.79 Å². The van der Waals surface area contributed by atoms with Crippen LogP contribution in [0.25, 0.3) is 6.08 Å². The van der Waals surface area contributed by atoms with Crippen molar-refractivity contribution in [3.05, 3.63) is 58.0 Å². The molecule has 1 aliphatic rings. The number of thiol groups is 1. The molecular weight excluding hydrogens is 320 g/mol. The second-order valence-corrected chi connectivity index (χ2v) is 6.02. The molecule has 0 saturated carbocycles. The summed E-state index contributed by atoms with van der Waals surface area (Å²) in [5, 5.41) is 0. The summed E-state index contributed by atoms with van der Waals surface area (Å²) in [6.45, 7) is 4.31. The van der Waals surface area contributed by atoms with Crippen LogP contribution in [0, 0.1) is 0 Å². The van der Waals surface area contributed by atoms with E-state index in [1.54, 1.807) is 4.90 Å². The minimum Gasteiger partial charge on any atom is -0.493 e. The minimum atomic E-state index is 0.442. The third-order valence-electron chi connectivity index (χ3n) is 3.90. The molecule has 24 heavy (non-hydrogen) atoms. The van der Waals surface area contributed by atoms with Gasteiger partial charge in [0.25, 0.3) is 0 Å². The molecule has 0 fully saturated rings. The Kier molecular flexibility index (Phi) is 7.15. The summed E-state index contributed by atoms with van der Waals surface area (Å²) in [6.07, 6.45) is 7.67. The molecule has 2 rings (SSSR count). The number of carbonyl (C=O) groups excluding carboxylic acids is 1. The predicted molar refractivity (Wildman–Crippen MR) is 102 cm³/mol. The molecule has 0 atom stereocenters. The standard InChI is InChI=1S/C19H24N2O2S/c1-2-23-18-9-4-3-6-15(18)7-5-8-16(12-20)17-10-11-21(14-22)13-19(17)24/h3-9,14,24H,2,10-13,20H2,1H3/b7-5+,16-8+. The molecule has 1 aromatic rings. The first-order chi connectivity index (χ1) is 11.7. The topological polar surface area (TPSA) is 55.6 Å². The van der Waals surface area contributed by atoms with Crippen molar-refractivity contribution >= 4 is 25.1 Å². The fourth-order valence-electron chi connectivity index (χ4n) is 2.67. The van der Waals surface area contributed by atoms with Crippen molar-refractivity contribution in [2.24, 2.45) is 5.73 Å². The molecule has 5 heteroatoms. The van der Waals surface area contributed by atoms with E-state index in [-0.39, 0.29) is 0 Å². The predicted octanol–water partition coefficient (Wildman–Crippen LogP) is 3.03. The van der Waals surface area contributed by atoms with Gasteiger partial charge in [-0.2, -0.15) is 0 Å². The summed E-state index contributed by atoms with van der Waals surface area (Å²) in [6, 6.07) is 7.92. The Morgan fingerprint density at radius 2 is 2.21 bits per heavy atom. The van der Waals surface area contributed by atoms with Crippen LogP contribution in [0.15, 0.2) is 52.5 Å².